The molecule has 2 rings (SSSR count). The summed E-state index contributed by atoms with van der Waals surface area (Å²) in [6.45, 7) is 3.84. The van der Waals surface area contributed by atoms with Crippen LogP contribution in [0.25, 0.3) is 0 Å². The van der Waals surface area contributed by atoms with Crippen LogP contribution < -0.4 is 4.74 Å². The van der Waals surface area contributed by atoms with Crippen LogP contribution in [0, 0.1) is 11.3 Å². The Labute approximate surface area is 138 Å². The summed E-state index contributed by atoms with van der Waals surface area (Å²) in [5.74, 6) is 0.400. The second-order valence-electron chi connectivity index (χ2n) is 4.36. The van der Waals surface area contributed by atoms with E-state index in [1.165, 1.54) is 12.3 Å². The lowest BCUT2D eigenvalue weighted by Gasteiger charge is -2.18. The van der Waals surface area contributed by atoms with Gasteiger partial charge >= 0.3 is 0 Å². The number of aromatic nitrogens is 1. The van der Waals surface area contributed by atoms with Crippen LogP contribution in [0.15, 0.2) is 43.1 Å². The molecule has 1 N–H and O–H groups in total. The molecule has 0 amide bonds. The van der Waals surface area contributed by atoms with Gasteiger partial charge in [-0.2, -0.15) is 5.26 Å². The summed E-state index contributed by atoms with van der Waals surface area (Å²) < 4.78 is 5.52. The zero-order valence-corrected chi connectivity index (χ0v) is 13.0. The van der Waals surface area contributed by atoms with Gasteiger partial charge in [-0.05, 0) is 29.8 Å². The zero-order valence-electron chi connectivity index (χ0n) is 11.5. The van der Waals surface area contributed by atoms with Crippen LogP contribution >= 0.6 is 23.2 Å². The number of rotatable bonds is 5. The number of pyridine rings is 1. The molecule has 2 aromatic rings. The average Bonchev–Trinajstić information content (AvgIpc) is 2.55. The molecule has 0 fully saturated rings. The molecule has 0 saturated heterocycles. The van der Waals surface area contributed by atoms with Crippen molar-refractivity contribution in [1.82, 2.24) is 4.98 Å². The summed E-state index contributed by atoms with van der Waals surface area (Å²) in [5, 5.41) is 20.0. The molecule has 1 atom stereocenters. The number of hydrogen-bond donors (Lipinski definition) is 1. The smallest absolute Gasteiger partial charge is 0.140 e. The lowest BCUT2D eigenvalue weighted by atomic mass is 10.0. The number of aliphatic hydroxyl groups is 1. The van der Waals surface area contributed by atoms with Gasteiger partial charge in [0.1, 0.15) is 30.2 Å². The first-order valence-corrected chi connectivity index (χ1v) is 7.09. The highest BCUT2D eigenvalue weighted by Gasteiger charge is 2.21. The van der Waals surface area contributed by atoms with Gasteiger partial charge in [0, 0.05) is 11.8 Å². The predicted octanol–water partition coefficient (Wildman–Crippen LogP) is 3.91. The molecule has 0 aliphatic carbocycles. The van der Waals surface area contributed by atoms with Crippen molar-refractivity contribution in [3.05, 3.63) is 70.0 Å². The monoisotopic (exact) mass is 334 g/mol. The fraction of sp³-hybridized carbons (Fsp3) is 0.125. The molecule has 1 unspecified atom stereocenters. The van der Waals surface area contributed by atoms with E-state index in [0.29, 0.717) is 21.9 Å². The fourth-order valence-corrected chi connectivity index (χ4v) is 2.35. The summed E-state index contributed by atoms with van der Waals surface area (Å²) in [6, 6.07) is 8.22. The van der Waals surface area contributed by atoms with E-state index in [2.05, 4.69) is 11.6 Å². The first-order chi connectivity index (χ1) is 10.6. The maximum atomic E-state index is 10.6. The largest absolute Gasteiger partial charge is 0.489 e. The van der Waals surface area contributed by atoms with Crippen molar-refractivity contribution in [2.45, 2.75) is 6.10 Å². The molecule has 0 aliphatic heterocycles. The molecule has 0 bridgehead atoms. The third kappa shape index (κ3) is 3.40. The highest BCUT2D eigenvalue weighted by molar-refractivity contribution is 6.42. The first kappa shape index (κ1) is 16.3. The Kier molecular flexibility index (Phi) is 5.40. The first-order valence-electron chi connectivity index (χ1n) is 6.34. The van der Waals surface area contributed by atoms with Crippen LogP contribution in [0.2, 0.25) is 10.0 Å². The minimum Gasteiger partial charge on any atom is -0.489 e. The van der Waals surface area contributed by atoms with E-state index in [1.807, 2.05) is 6.07 Å². The van der Waals surface area contributed by atoms with Gasteiger partial charge in [-0.25, -0.2) is 4.98 Å². The average molecular weight is 335 g/mol. The molecule has 1 aromatic carbocycles. The van der Waals surface area contributed by atoms with Crippen LogP contribution in [0.1, 0.15) is 22.9 Å². The Bertz CT molecular complexity index is 741. The molecule has 0 spiro atoms. The van der Waals surface area contributed by atoms with Gasteiger partial charge < -0.3 is 9.84 Å². The second kappa shape index (κ2) is 7.28. The maximum Gasteiger partial charge on any atom is 0.140 e. The highest BCUT2D eigenvalue weighted by Crippen LogP contribution is 2.39. The molecular weight excluding hydrogens is 323 g/mol. The topological polar surface area (TPSA) is 66.1 Å². The Morgan fingerprint density at radius 3 is 2.86 bits per heavy atom. The van der Waals surface area contributed by atoms with Crippen molar-refractivity contribution < 1.29 is 9.84 Å². The molecule has 0 aliphatic rings. The highest BCUT2D eigenvalue weighted by atomic mass is 35.5. The van der Waals surface area contributed by atoms with Crippen LogP contribution in [0.5, 0.6) is 5.75 Å². The molecule has 6 heteroatoms. The Hall–Kier alpha value is -2.06. The number of ether oxygens (including phenoxy) is 1. The summed E-state index contributed by atoms with van der Waals surface area (Å²) in [6.07, 6.45) is 1.93. The Morgan fingerprint density at radius 2 is 2.18 bits per heavy atom. The lowest BCUT2D eigenvalue weighted by Crippen LogP contribution is -2.06. The number of hydrogen-bond acceptors (Lipinski definition) is 4. The Balaban J connectivity index is 2.51. The van der Waals surface area contributed by atoms with Gasteiger partial charge in [-0.15, -0.1) is 0 Å². The number of benzene rings is 1. The van der Waals surface area contributed by atoms with Gasteiger partial charge in [0.25, 0.3) is 0 Å². The standard InChI is InChI=1S/C16H12Cl2N2O2/c1-2-7-22-13-4-3-12(17)15(18)14(13)16(21)10-5-6-20-11(8-10)9-19/h2-6,8,16,21H,1,7H2. The van der Waals surface area contributed by atoms with E-state index in [1.54, 1.807) is 24.3 Å². The molecule has 112 valence electrons. The third-order valence-corrected chi connectivity index (χ3v) is 3.76. The molecular formula is C16H12Cl2N2O2. The van der Waals surface area contributed by atoms with Crippen LogP contribution in [-0.2, 0) is 0 Å². The quantitative estimate of drug-likeness (QED) is 0.842. The van der Waals surface area contributed by atoms with Crippen molar-refractivity contribution >= 4 is 23.2 Å². The van der Waals surface area contributed by atoms with Gasteiger partial charge in [0.2, 0.25) is 0 Å². The fourth-order valence-electron chi connectivity index (χ4n) is 1.92. The summed E-state index contributed by atoms with van der Waals surface area (Å²) >= 11 is 12.2. The van der Waals surface area contributed by atoms with Crippen molar-refractivity contribution in [2.24, 2.45) is 0 Å². The van der Waals surface area contributed by atoms with E-state index >= 15 is 0 Å². The molecule has 0 saturated carbocycles. The van der Waals surface area contributed by atoms with Crippen LogP contribution in [0.3, 0.4) is 0 Å². The van der Waals surface area contributed by atoms with E-state index in [4.69, 9.17) is 33.2 Å². The lowest BCUT2D eigenvalue weighted by molar-refractivity contribution is 0.213. The van der Waals surface area contributed by atoms with E-state index in [0.717, 1.165) is 0 Å². The van der Waals surface area contributed by atoms with E-state index < -0.39 is 6.10 Å². The predicted molar refractivity (Wildman–Crippen MR) is 85.2 cm³/mol. The van der Waals surface area contributed by atoms with Crippen molar-refractivity contribution in [3.63, 3.8) is 0 Å². The van der Waals surface area contributed by atoms with Crippen molar-refractivity contribution in [2.75, 3.05) is 6.61 Å². The zero-order chi connectivity index (χ0) is 16.1. The summed E-state index contributed by atoms with van der Waals surface area (Å²) in [4.78, 5) is 3.87. The van der Waals surface area contributed by atoms with Crippen molar-refractivity contribution in [1.29, 1.82) is 5.26 Å². The van der Waals surface area contributed by atoms with Gasteiger partial charge in [0.15, 0.2) is 0 Å². The summed E-state index contributed by atoms with van der Waals surface area (Å²) in [5.41, 5.74) is 1.01. The number of aliphatic hydroxyl groups excluding tert-OH is 1. The number of nitriles is 1. The molecule has 0 radical (unpaired) electrons. The van der Waals surface area contributed by atoms with Gasteiger partial charge in [-0.1, -0.05) is 35.9 Å². The van der Waals surface area contributed by atoms with E-state index in [9.17, 15) is 5.11 Å². The minimum atomic E-state index is -1.10. The summed E-state index contributed by atoms with van der Waals surface area (Å²) in [7, 11) is 0. The van der Waals surface area contributed by atoms with Gasteiger partial charge in [-0.3, -0.25) is 0 Å². The van der Waals surface area contributed by atoms with E-state index in [-0.39, 0.29) is 17.3 Å². The molecule has 22 heavy (non-hydrogen) atoms. The molecule has 1 aromatic heterocycles. The van der Waals surface area contributed by atoms with Crippen LogP contribution in [-0.4, -0.2) is 16.7 Å². The third-order valence-electron chi connectivity index (χ3n) is 2.94. The molecule has 1 heterocycles. The second-order valence-corrected chi connectivity index (χ2v) is 5.15. The Morgan fingerprint density at radius 1 is 1.41 bits per heavy atom. The maximum absolute atomic E-state index is 10.6. The van der Waals surface area contributed by atoms with Crippen molar-refractivity contribution in [3.8, 4) is 11.8 Å². The normalized spacial score (nSPS) is 11.5. The number of nitrogens with zero attached hydrogens (tertiary/aromatic N) is 2. The number of halogens is 2. The minimum absolute atomic E-state index is 0.197. The van der Waals surface area contributed by atoms with Crippen LogP contribution in [0.4, 0.5) is 0 Å². The SMILES string of the molecule is C=CCOc1ccc(Cl)c(Cl)c1C(O)c1ccnc(C#N)c1. The molecule has 4 nitrogen and oxygen atoms in total. The van der Waals surface area contributed by atoms with Gasteiger partial charge in [0.05, 0.1) is 10.0 Å².